The number of hydrogen-bond donors (Lipinski definition) is 0. The largest absolute Gasteiger partial charge is 0.497 e. The van der Waals surface area contributed by atoms with E-state index in [2.05, 4.69) is 32.0 Å². The lowest BCUT2D eigenvalue weighted by Gasteiger charge is -2.23. The average molecular weight is 425 g/mol. The summed E-state index contributed by atoms with van der Waals surface area (Å²) in [7, 11) is 1.64. The molecule has 158 valence electrons. The highest BCUT2D eigenvalue weighted by Gasteiger charge is 2.26. The fraction of sp³-hybridized carbons (Fsp3) is 0.417. The lowest BCUT2D eigenvalue weighted by Crippen LogP contribution is -2.38. The molecule has 0 radical (unpaired) electrons. The third-order valence-corrected chi connectivity index (χ3v) is 6.56. The number of carbonyl (C=O) groups is 1. The van der Waals surface area contributed by atoms with E-state index in [1.807, 2.05) is 29.2 Å². The van der Waals surface area contributed by atoms with Crippen LogP contribution >= 0.6 is 11.3 Å². The Morgan fingerprint density at radius 3 is 2.73 bits per heavy atom. The molecule has 4 rings (SSSR count). The van der Waals surface area contributed by atoms with E-state index in [1.165, 1.54) is 5.56 Å². The van der Waals surface area contributed by atoms with Crippen molar-refractivity contribution in [2.75, 3.05) is 25.2 Å². The second kappa shape index (κ2) is 9.14. The summed E-state index contributed by atoms with van der Waals surface area (Å²) in [6.45, 7) is 5.66. The third-order valence-electron chi connectivity index (χ3n) is 5.52. The highest BCUT2D eigenvalue weighted by molar-refractivity contribution is 7.22. The molecule has 0 saturated carbocycles. The molecule has 6 heteroatoms. The van der Waals surface area contributed by atoms with E-state index in [0.717, 1.165) is 46.1 Å². The summed E-state index contributed by atoms with van der Waals surface area (Å²) >= 11 is 1.58. The molecule has 0 bridgehead atoms. The molecule has 1 aromatic heterocycles. The van der Waals surface area contributed by atoms with Gasteiger partial charge in [0.05, 0.1) is 36.4 Å². The van der Waals surface area contributed by atoms with Crippen LogP contribution in [-0.4, -0.2) is 37.3 Å². The van der Waals surface area contributed by atoms with Crippen molar-refractivity contribution in [3.05, 3.63) is 53.6 Å². The lowest BCUT2D eigenvalue weighted by molar-refractivity contribution is -0.118. The molecule has 2 aromatic carbocycles. The van der Waals surface area contributed by atoms with Gasteiger partial charge < -0.3 is 9.47 Å². The Kier molecular flexibility index (Phi) is 6.35. The standard InChI is InChI=1S/C24H28N2O3S/c1-16(2)20-7-4-8-21-23(20)25-24(30-21)26(15-19-6-5-13-29-19)22(27)14-17-9-11-18(28-3)12-10-17/h4,7-12,16,19H,5-6,13-15H2,1-3H3. The minimum Gasteiger partial charge on any atom is -0.497 e. The van der Waals surface area contributed by atoms with Crippen molar-refractivity contribution in [2.24, 2.45) is 0 Å². The van der Waals surface area contributed by atoms with Gasteiger partial charge in [-0.25, -0.2) is 4.98 Å². The predicted octanol–water partition coefficient (Wildman–Crippen LogP) is 5.18. The SMILES string of the molecule is COc1ccc(CC(=O)N(CC2CCCO2)c2nc3c(C(C)C)cccc3s2)cc1. The zero-order valence-corrected chi connectivity index (χ0v) is 18.6. The van der Waals surface area contributed by atoms with Crippen molar-refractivity contribution in [1.82, 2.24) is 4.98 Å². The number of para-hydroxylation sites is 1. The van der Waals surface area contributed by atoms with Gasteiger partial charge in [0, 0.05) is 6.61 Å². The van der Waals surface area contributed by atoms with Crippen LogP contribution < -0.4 is 9.64 Å². The Bertz CT molecular complexity index is 1010. The van der Waals surface area contributed by atoms with Crippen LogP contribution in [0.5, 0.6) is 5.75 Å². The molecule has 1 amide bonds. The Balaban J connectivity index is 1.64. The molecule has 1 unspecified atom stereocenters. The summed E-state index contributed by atoms with van der Waals surface area (Å²) in [6, 6.07) is 13.9. The van der Waals surface area contributed by atoms with E-state index in [4.69, 9.17) is 14.5 Å². The van der Waals surface area contributed by atoms with Gasteiger partial charge in [-0.05, 0) is 48.1 Å². The number of amides is 1. The first-order chi connectivity index (χ1) is 14.5. The van der Waals surface area contributed by atoms with Crippen molar-refractivity contribution >= 4 is 32.6 Å². The average Bonchev–Trinajstić information content (AvgIpc) is 3.41. The number of methoxy groups -OCH3 is 1. The van der Waals surface area contributed by atoms with Crippen molar-refractivity contribution in [2.45, 2.75) is 45.1 Å². The monoisotopic (exact) mass is 424 g/mol. The third kappa shape index (κ3) is 4.50. The molecular weight excluding hydrogens is 396 g/mol. The number of nitrogens with zero attached hydrogens (tertiary/aromatic N) is 2. The Morgan fingerprint density at radius 2 is 2.07 bits per heavy atom. The molecule has 1 fully saturated rings. The quantitative estimate of drug-likeness (QED) is 0.524. The summed E-state index contributed by atoms with van der Waals surface area (Å²) in [6.07, 6.45) is 2.42. The lowest BCUT2D eigenvalue weighted by atomic mass is 10.0. The minimum absolute atomic E-state index is 0.0424. The zero-order chi connectivity index (χ0) is 21.1. The number of benzene rings is 2. The van der Waals surface area contributed by atoms with Gasteiger partial charge in [-0.1, -0.05) is 49.4 Å². The van der Waals surface area contributed by atoms with Crippen LogP contribution in [0.2, 0.25) is 0 Å². The van der Waals surface area contributed by atoms with Crippen molar-refractivity contribution < 1.29 is 14.3 Å². The van der Waals surface area contributed by atoms with E-state index in [1.54, 1.807) is 18.4 Å². The number of ether oxygens (including phenoxy) is 2. The van der Waals surface area contributed by atoms with Gasteiger partial charge in [0.25, 0.3) is 0 Å². The molecule has 0 spiro atoms. The highest BCUT2D eigenvalue weighted by atomic mass is 32.1. The van der Waals surface area contributed by atoms with Crippen LogP contribution in [-0.2, 0) is 16.0 Å². The van der Waals surface area contributed by atoms with E-state index >= 15 is 0 Å². The summed E-state index contributed by atoms with van der Waals surface area (Å²) in [5.74, 6) is 1.21. The van der Waals surface area contributed by atoms with Gasteiger partial charge in [0.1, 0.15) is 5.75 Å². The summed E-state index contributed by atoms with van der Waals surface area (Å²) in [5, 5.41) is 0.757. The maximum Gasteiger partial charge on any atom is 0.233 e. The van der Waals surface area contributed by atoms with Crippen LogP contribution in [0.15, 0.2) is 42.5 Å². The van der Waals surface area contributed by atoms with Gasteiger partial charge in [-0.15, -0.1) is 0 Å². The van der Waals surface area contributed by atoms with Gasteiger partial charge >= 0.3 is 0 Å². The Morgan fingerprint density at radius 1 is 1.27 bits per heavy atom. The second-order valence-electron chi connectivity index (χ2n) is 8.01. The van der Waals surface area contributed by atoms with Gasteiger partial charge in [0.15, 0.2) is 5.13 Å². The molecule has 1 aliphatic heterocycles. The molecular formula is C24H28N2O3S. The number of thiazole rings is 1. The van der Waals surface area contributed by atoms with E-state index < -0.39 is 0 Å². The zero-order valence-electron chi connectivity index (χ0n) is 17.8. The number of fused-ring (bicyclic) bond motifs is 1. The first-order valence-electron chi connectivity index (χ1n) is 10.5. The van der Waals surface area contributed by atoms with Crippen molar-refractivity contribution in [3.63, 3.8) is 0 Å². The first-order valence-corrected chi connectivity index (χ1v) is 11.3. The topological polar surface area (TPSA) is 51.7 Å². The fourth-order valence-corrected chi connectivity index (χ4v) is 4.86. The van der Waals surface area contributed by atoms with Crippen LogP contribution in [0.3, 0.4) is 0 Å². The number of rotatable bonds is 7. The normalized spacial score (nSPS) is 16.3. The van der Waals surface area contributed by atoms with Crippen LogP contribution in [0, 0.1) is 0 Å². The van der Waals surface area contributed by atoms with Gasteiger partial charge in [-0.3, -0.25) is 9.69 Å². The Labute approximate surface area is 181 Å². The smallest absolute Gasteiger partial charge is 0.233 e. The Hall–Kier alpha value is -2.44. The summed E-state index contributed by atoms with van der Waals surface area (Å²) in [4.78, 5) is 20.1. The van der Waals surface area contributed by atoms with Gasteiger partial charge in [-0.2, -0.15) is 0 Å². The highest BCUT2D eigenvalue weighted by Crippen LogP contribution is 2.34. The van der Waals surface area contributed by atoms with E-state index in [9.17, 15) is 4.79 Å². The van der Waals surface area contributed by atoms with E-state index in [-0.39, 0.29) is 12.0 Å². The molecule has 3 aromatic rings. The van der Waals surface area contributed by atoms with Crippen molar-refractivity contribution in [3.8, 4) is 5.75 Å². The molecule has 1 atom stereocenters. The predicted molar refractivity (Wildman–Crippen MR) is 122 cm³/mol. The van der Waals surface area contributed by atoms with Crippen LogP contribution in [0.1, 0.15) is 43.7 Å². The summed E-state index contributed by atoms with van der Waals surface area (Å²) in [5.41, 5.74) is 3.18. The number of anilines is 1. The molecule has 1 aliphatic rings. The molecule has 0 N–H and O–H groups in total. The number of hydrogen-bond acceptors (Lipinski definition) is 5. The number of carbonyl (C=O) groups excluding carboxylic acids is 1. The summed E-state index contributed by atoms with van der Waals surface area (Å²) < 4.78 is 12.2. The van der Waals surface area contributed by atoms with Crippen LogP contribution in [0.4, 0.5) is 5.13 Å². The maximum absolute atomic E-state index is 13.4. The first kappa shape index (κ1) is 20.8. The minimum atomic E-state index is 0.0424. The maximum atomic E-state index is 13.4. The molecule has 30 heavy (non-hydrogen) atoms. The molecule has 1 saturated heterocycles. The second-order valence-corrected chi connectivity index (χ2v) is 9.02. The number of aromatic nitrogens is 1. The van der Waals surface area contributed by atoms with E-state index in [0.29, 0.717) is 18.9 Å². The molecule has 2 heterocycles. The van der Waals surface area contributed by atoms with Crippen LogP contribution in [0.25, 0.3) is 10.2 Å². The van der Waals surface area contributed by atoms with Gasteiger partial charge in [0.2, 0.25) is 5.91 Å². The fourth-order valence-electron chi connectivity index (χ4n) is 3.83. The molecule has 5 nitrogen and oxygen atoms in total. The molecule has 0 aliphatic carbocycles. The van der Waals surface area contributed by atoms with Crippen molar-refractivity contribution in [1.29, 1.82) is 0 Å².